The molecule has 7 heteroatoms. The quantitative estimate of drug-likeness (QED) is 0.536. The molecule has 2 aromatic heterocycles. The van der Waals surface area contributed by atoms with Crippen LogP contribution in [-0.4, -0.2) is 40.4 Å². The Kier molecular flexibility index (Phi) is 5.37. The summed E-state index contributed by atoms with van der Waals surface area (Å²) in [5.41, 5.74) is 13.7. The fourth-order valence-electron chi connectivity index (χ4n) is 4.99. The number of nitrogens with two attached hydrogens (primary N) is 1. The number of primary amides is 1. The van der Waals surface area contributed by atoms with Gasteiger partial charge in [0.25, 0.3) is 5.91 Å². The predicted octanol–water partition coefficient (Wildman–Crippen LogP) is 3.85. The molecule has 0 spiro atoms. The molecule has 4 N–H and O–H groups in total. The van der Waals surface area contributed by atoms with E-state index in [2.05, 4.69) is 59.5 Å². The van der Waals surface area contributed by atoms with Crippen LogP contribution in [-0.2, 0) is 9.53 Å². The highest BCUT2D eigenvalue weighted by atomic mass is 16.5. The lowest BCUT2D eigenvalue weighted by atomic mass is 9.95. The van der Waals surface area contributed by atoms with E-state index in [1.165, 1.54) is 17.2 Å². The predicted molar refractivity (Wildman–Crippen MR) is 129 cm³/mol. The molecule has 3 aromatic rings. The second kappa shape index (κ2) is 8.23. The number of aromatic amines is 1. The Labute approximate surface area is 194 Å². The van der Waals surface area contributed by atoms with Gasteiger partial charge in [-0.05, 0) is 49.6 Å². The van der Waals surface area contributed by atoms with E-state index in [4.69, 9.17) is 10.5 Å². The number of H-pyrrole nitrogens is 1. The Morgan fingerprint density at radius 1 is 1.21 bits per heavy atom. The Morgan fingerprint density at radius 2 is 1.94 bits per heavy atom. The number of pyridine rings is 1. The van der Waals surface area contributed by atoms with Crippen molar-refractivity contribution in [3.8, 4) is 11.3 Å². The first-order chi connectivity index (χ1) is 15.8. The van der Waals surface area contributed by atoms with Crippen molar-refractivity contribution in [2.45, 2.75) is 39.8 Å². The SMILES string of the molecule is Cc1cc(-c2[nH]c3ccc(C4OC=C(C(N)=O)N4CC4CNC4)cc3c2C(C)C)cc(C)n1. The van der Waals surface area contributed by atoms with Gasteiger partial charge in [-0.25, -0.2) is 0 Å². The van der Waals surface area contributed by atoms with Crippen LogP contribution in [0, 0.1) is 19.8 Å². The lowest BCUT2D eigenvalue weighted by Crippen LogP contribution is -2.48. The van der Waals surface area contributed by atoms with Crippen LogP contribution in [0.15, 0.2) is 42.3 Å². The number of benzene rings is 1. The first-order valence-electron chi connectivity index (χ1n) is 11.6. The molecule has 2 aliphatic heterocycles. The normalized spacial score (nSPS) is 18.5. The van der Waals surface area contributed by atoms with E-state index >= 15 is 0 Å². The van der Waals surface area contributed by atoms with Crippen molar-refractivity contribution in [2.75, 3.05) is 19.6 Å². The van der Waals surface area contributed by atoms with Gasteiger partial charge in [-0.2, -0.15) is 0 Å². The summed E-state index contributed by atoms with van der Waals surface area (Å²) in [4.78, 5) is 22.2. The number of aromatic nitrogens is 2. The summed E-state index contributed by atoms with van der Waals surface area (Å²) >= 11 is 0. The highest BCUT2D eigenvalue weighted by molar-refractivity contribution is 5.93. The van der Waals surface area contributed by atoms with Crippen LogP contribution in [0.2, 0.25) is 0 Å². The molecule has 1 amide bonds. The highest BCUT2D eigenvalue weighted by Crippen LogP contribution is 2.39. The van der Waals surface area contributed by atoms with E-state index < -0.39 is 5.91 Å². The van der Waals surface area contributed by atoms with E-state index in [0.717, 1.165) is 53.4 Å². The lowest BCUT2D eigenvalue weighted by molar-refractivity contribution is -0.116. The monoisotopic (exact) mass is 445 g/mol. The maximum absolute atomic E-state index is 12.1. The van der Waals surface area contributed by atoms with Crippen LogP contribution in [0.1, 0.15) is 48.5 Å². The van der Waals surface area contributed by atoms with Gasteiger partial charge in [-0.15, -0.1) is 0 Å². The smallest absolute Gasteiger partial charge is 0.268 e. The maximum Gasteiger partial charge on any atom is 0.268 e. The summed E-state index contributed by atoms with van der Waals surface area (Å²) in [5.74, 6) is 0.337. The van der Waals surface area contributed by atoms with Crippen LogP contribution >= 0.6 is 0 Å². The Balaban J connectivity index is 1.57. The Hall–Kier alpha value is -3.32. The summed E-state index contributed by atoms with van der Waals surface area (Å²) in [6.07, 6.45) is 1.15. The number of hydrogen-bond donors (Lipinski definition) is 3. The topological polar surface area (TPSA) is 96.3 Å². The van der Waals surface area contributed by atoms with Gasteiger partial charge in [0.05, 0.1) is 5.69 Å². The minimum atomic E-state index is -0.457. The van der Waals surface area contributed by atoms with Crippen LogP contribution in [0.3, 0.4) is 0 Å². The van der Waals surface area contributed by atoms with Gasteiger partial charge in [-0.1, -0.05) is 19.9 Å². The Bertz CT molecular complexity index is 1230. The van der Waals surface area contributed by atoms with Gasteiger partial charge in [0.2, 0.25) is 0 Å². The average Bonchev–Trinajstić information content (AvgIpc) is 3.31. The molecule has 2 aliphatic rings. The van der Waals surface area contributed by atoms with Crippen molar-refractivity contribution < 1.29 is 9.53 Å². The molecule has 0 bridgehead atoms. The number of amides is 1. The van der Waals surface area contributed by atoms with E-state index in [-0.39, 0.29) is 6.23 Å². The molecule has 4 heterocycles. The molecular weight excluding hydrogens is 414 g/mol. The molecule has 0 aliphatic carbocycles. The summed E-state index contributed by atoms with van der Waals surface area (Å²) in [7, 11) is 0. The van der Waals surface area contributed by atoms with Gasteiger partial charge in [-0.3, -0.25) is 9.78 Å². The summed E-state index contributed by atoms with van der Waals surface area (Å²) in [6.45, 7) is 11.1. The molecule has 7 nitrogen and oxygen atoms in total. The summed E-state index contributed by atoms with van der Waals surface area (Å²) < 4.78 is 5.99. The van der Waals surface area contributed by atoms with E-state index in [9.17, 15) is 4.79 Å². The van der Waals surface area contributed by atoms with Gasteiger partial charge in [0, 0.05) is 59.0 Å². The zero-order chi connectivity index (χ0) is 23.3. The minimum absolute atomic E-state index is 0.318. The van der Waals surface area contributed by atoms with Crippen LogP contribution in [0.25, 0.3) is 22.2 Å². The van der Waals surface area contributed by atoms with E-state index in [1.54, 1.807) is 0 Å². The number of rotatable bonds is 6. The summed E-state index contributed by atoms with van der Waals surface area (Å²) in [5, 5.41) is 4.46. The molecule has 1 aromatic carbocycles. The second-order valence-corrected chi connectivity index (χ2v) is 9.54. The molecule has 0 radical (unpaired) electrons. The van der Waals surface area contributed by atoms with Crippen LogP contribution in [0.5, 0.6) is 0 Å². The first-order valence-corrected chi connectivity index (χ1v) is 11.6. The number of ether oxygens (including phenoxy) is 1. The number of hydrogen-bond acceptors (Lipinski definition) is 5. The standard InChI is InChI=1S/C26H31N5O2/c1-14(2)23-20-9-18(26-31(12-17-10-28-11-17)22(13-33-26)25(27)32)5-6-21(20)30-24(23)19-7-15(3)29-16(4)8-19/h5-9,13-14,17,26,28,30H,10-12H2,1-4H3,(H2,27,32). The lowest BCUT2D eigenvalue weighted by Gasteiger charge is -2.35. The Morgan fingerprint density at radius 3 is 2.55 bits per heavy atom. The van der Waals surface area contributed by atoms with Gasteiger partial charge in [0.1, 0.15) is 12.0 Å². The third kappa shape index (κ3) is 3.86. The largest absolute Gasteiger partial charge is 0.471 e. The van der Waals surface area contributed by atoms with Crippen molar-refractivity contribution in [2.24, 2.45) is 11.7 Å². The van der Waals surface area contributed by atoms with Gasteiger partial charge >= 0.3 is 0 Å². The number of nitrogens with zero attached hydrogens (tertiary/aromatic N) is 2. The molecule has 5 rings (SSSR count). The van der Waals surface area contributed by atoms with Crippen molar-refractivity contribution in [3.05, 3.63) is 64.8 Å². The van der Waals surface area contributed by atoms with E-state index in [0.29, 0.717) is 17.5 Å². The van der Waals surface area contributed by atoms with Crippen molar-refractivity contribution in [1.29, 1.82) is 0 Å². The molecule has 1 saturated heterocycles. The van der Waals surface area contributed by atoms with Crippen LogP contribution in [0.4, 0.5) is 0 Å². The van der Waals surface area contributed by atoms with Gasteiger partial charge in [0.15, 0.2) is 6.23 Å². The van der Waals surface area contributed by atoms with E-state index in [1.807, 2.05) is 18.7 Å². The third-order valence-electron chi connectivity index (χ3n) is 6.57. The number of aryl methyl sites for hydroxylation is 2. The minimum Gasteiger partial charge on any atom is -0.471 e. The fraction of sp³-hybridized carbons (Fsp3) is 0.385. The van der Waals surface area contributed by atoms with Crippen molar-refractivity contribution >= 4 is 16.8 Å². The molecule has 1 unspecified atom stereocenters. The maximum atomic E-state index is 12.1. The number of carbonyl (C=O) groups is 1. The molecule has 1 fully saturated rings. The zero-order valence-electron chi connectivity index (χ0n) is 19.6. The van der Waals surface area contributed by atoms with Crippen molar-refractivity contribution in [1.82, 2.24) is 20.2 Å². The number of nitrogens with one attached hydrogen (secondary N) is 2. The second-order valence-electron chi connectivity index (χ2n) is 9.54. The zero-order valence-corrected chi connectivity index (χ0v) is 19.6. The number of fused-ring (bicyclic) bond motifs is 1. The first kappa shape index (κ1) is 21.5. The van der Waals surface area contributed by atoms with Crippen molar-refractivity contribution in [3.63, 3.8) is 0 Å². The molecule has 0 saturated carbocycles. The number of carbonyl (C=O) groups excluding carboxylic acids is 1. The third-order valence-corrected chi connectivity index (χ3v) is 6.57. The molecule has 33 heavy (non-hydrogen) atoms. The molecule has 1 atom stereocenters. The van der Waals surface area contributed by atoms with Gasteiger partial charge < -0.3 is 25.7 Å². The van der Waals surface area contributed by atoms with Crippen LogP contribution < -0.4 is 11.1 Å². The highest BCUT2D eigenvalue weighted by Gasteiger charge is 2.35. The molecular formula is C26H31N5O2. The fourth-order valence-corrected chi connectivity index (χ4v) is 4.99. The molecule has 172 valence electrons. The average molecular weight is 446 g/mol. The summed E-state index contributed by atoms with van der Waals surface area (Å²) in [6, 6.07) is 10.6.